The van der Waals surface area contributed by atoms with Crippen LogP contribution in [0.1, 0.15) is 15.9 Å². The predicted molar refractivity (Wildman–Crippen MR) is 90.9 cm³/mol. The topological polar surface area (TPSA) is 72.5 Å². The normalized spacial score (nSPS) is 11.1. The van der Waals surface area contributed by atoms with Crippen molar-refractivity contribution in [2.24, 2.45) is 0 Å². The van der Waals surface area contributed by atoms with Gasteiger partial charge in [-0.25, -0.2) is 8.42 Å². The van der Waals surface area contributed by atoms with Gasteiger partial charge in [0, 0.05) is 17.9 Å². The first-order chi connectivity index (χ1) is 10.8. The Morgan fingerprint density at radius 3 is 2.61 bits per heavy atom. The summed E-state index contributed by atoms with van der Waals surface area (Å²) >= 11 is 6.05. The summed E-state index contributed by atoms with van der Waals surface area (Å²) < 4.78 is 27.8. The lowest BCUT2D eigenvalue weighted by atomic mass is 10.1. The molecule has 1 amide bonds. The zero-order valence-electron chi connectivity index (χ0n) is 12.7. The first-order valence-electron chi connectivity index (χ1n) is 6.70. The standard InChI is InChI=1S/C16H16ClNO4S/c1-22-13-6-7-14(17)15(9-13)18-16(19)12-5-3-4-11(8-12)10-23(2,20)21/h3-9H,10H2,1-2H3,(H,18,19). The molecular weight excluding hydrogens is 338 g/mol. The van der Waals surface area contributed by atoms with Crippen molar-refractivity contribution in [1.29, 1.82) is 0 Å². The summed E-state index contributed by atoms with van der Waals surface area (Å²) in [6.45, 7) is 0. The molecule has 0 aliphatic heterocycles. The summed E-state index contributed by atoms with van der Waals surface area (Å²) in [6, 6.07) is 11.4. The van der Waals surface area contributed by atoms with Crippen LogP contribution in [0.15, 0.2) is 42.5 Å². The lowest BCUT2D eigenvalue weighted by molar-refractivity contribution is 0.102. The van der Waals surface area contributed by atoms with Gasteiger partial charge < -0.3 is 10.1 Å². The highest BCUT2D eigenvalue weighted by Gasteiger charge is 2.12. The molecule has 0 aromatic heterocycles. The summed E-state index contributed by atoms with van der Waals surface area (Å²) in [5, 5.41) is 3.07. The van der Waals surface area contributed by atoms with Gasteiger partial charge in [-0.2, -0.15) is 0 Å². The molecule has 0 radical (unpaired) electrons. The van der Waals surface area contributed by atoms with Crippen LogP contribution in [0.3, 0.4) is 0 Å². The molecule has 2 aromatic rings. The van der Waals surface area contributed by atoms with E-state index in [1.165, 1.54) is 7.11 Å². The highest BCUT2D eigenvalue weighted by atomic mass is 35.5. The van der Waals surface area contributed by atoms with Gasteiger partial charge in [0.15, 0.2) is 9.84 Å². The lowest BCUT2D eigenvalue weighted by Crippen LogP contribution is -2.13. The van der Waals surface area contributed by atoms with Gasteiger partial charge in [-0.15, -0.1) is 0 Å². The molecule has 122 valence electrons. The molecule has 7 heteroatoms. The van der Waals surface area contributed by atoms with Gasteiger partial charge in [-0.1, -0.05) is 23.7 Å². The van der Waals surface area contributed by atoms with E-state index in [0.717, 1.165) is 6.26 Å². The van der Waals surface area contributed by atoms with Crippen molar-refractivity contribution >= 4 is 33.0 Å². The molecule has 0 bridgehead atoms. The maximum absolute atomic E-state index is 12.3. The summed E-state index contributed by atoms with van der Waals surface area (Å²) in [7, 11) is -1.65. The molecule has 0 saturated carbocycles. The number of methoxy groups -OCH3 is 1. The molecule has 23 heavy (non-hydrogen) atoms. The van der Waals surface area contributed by atoms with Crippen molar-refractivity contribution in [2.75, 3.05) is 18.7 Å². The monoisotopic (exact) mass is 353 g/mol. The Morgan fingerprint density at radius 2 is 1.96 bits per heavy atom. The lowest BCUT2D eigenvalue weighted by Gasteiger charge is -2.10. The third kappa shape index (κ3) is 4.97. The summed E-state index contributed by atoms with van der Waals surface area (Å²) in [5.74, 6) is 0.0691. The van der Waals surface area contributed by atoms with Gasteiger partial charge in [-0.05, 0) is 29.8 Å². The number of sulfone groups is 1. The van der Waals surface area contributed by atoms with Gasteiger partial charge >= 0.3 is 0 Å². The third-order valence-electron chi connectivity index (χ3n) is 3.04. The number of hydrogen-bond acceptors (Lipinski definition) is 4. The second kappa shape index (κ2) is 7.02. The highest BCUT2D eigenvalue weighted by Crippen LogP contribution is 2.27. The molecule has 0 spiro atoms. The average Bonchev–Trinajstić information content (AvgIpc) is 2.48. The Hall–Kier alpha value is -2.05. The first-order valence-corrected chi connectivity index (χ1v) is 9.14. The van der Waals surface area contributed by atoms with Crippen molar-refractivity contribution in [1.82, 2.24) is 0 Å². The minimum atomic E-state index is -3.16. The molecule has 5 nitrogen and oxygen atoms in total. The zero-order valence-corrected chi connectivity index (χ0v) is 14.2. The number of benzene rings is 2. The van der Waals surface area contributed by atoms with Crippen LogP contribution in [0.2, 0.25) is 5.02 Å². The molecular formula is C16H16ClNO4S. The Kier molecular flexibility index (Phi) is 5.28. The fourth-order valence-corrected chi connectivity index (χ4v) is 2.98. The fourth-order valence-electron chi connectivity index (χ4n) is 2.03. The van der Waals surface area contributed by atoms with E-state index in [1.807, 2.05) is 0 Å². The van der Waals surface area contributed by atoms with Crippen LogP contribution in [0, 0.1) is 0 Å². The van der Waals surface area contributed by atoms with Crippen molar-refractivity contribution < 1.29 is 17.9 Å². The minimum Gasteiger partial charge on any atom is -0.497 e. The Morgan fingerprint density at radius 1 is 1.22 bits per heavy atom. The third-order valence-corrected chi connectivity index (χ3v) is 4.23. The van der Waals surface area contributed by atoms with Crippen LogP contribution >= 0.6 is 11.6 Å². The van der Waals surface area contributed by atoms with E-state index in [2.05, 4.69) is 5.32 Å². The molecule has 0 unspecified atom stereocenters. The van der Waals surface area contributed by atoms with Crippen molar-refractivity contribution in [3.8, 4) is 5.75 Å². The van der Waals surface area contributed by atoms with Gasteiger partial charge in [0.25, 0.3) is 5.91 Å². The summed E-state index contributed by atoms with van der Waals surface area (Å²) in [6.07, 6.45) is 1.15. The highest BCUT2D eigenvalue weighted by molar-refractivity contribution is 7.89. The summed E-state index contributed by atoms with van der Waals surface area (Å²) in [5.41, 5.74) is 1.33. The van der Waals surface area contributed by atoms with E-state index in [1.54, 1.807) is 42.5 Å². The van der Waals surface area contributed by atoms with Crippen LogP contribution in [-0.2, 0) is 15.6 Å². The number of carbonyl (C=O) groups is 1. The van der Waals surface area contributed by atoms with E-state index in [9.17, 15) is 13.2 Å². The largest absolute Gasteiger partial charge is 0.497 e. The molecule has 0 heterocycles. The minimum absolute atomic E-state index is 0.117. The van der Waals surface area contributed by atoms with Gasteiger partial charge in [0.05, 0.1) is 23.6 Å². The van der Waals surface area contributed by atoms with Crippen LogP contribution in [0.5, 0.6) is 5.75 Å². The number of rotatable bonds is 5. The smallest absolute Gasteiger partial charge is 0.255 e. The van der Waals surface area contributed by atoms with E-state index in [4.69, 9.17) is 16.3 Å². The van der Waals surface area contributed by atoms with Crippen LogP contribution < -0.4 is 10.1 Å². The van der Waals surface area contributed by atoms with E-state index in [-0.39, 0.29) is 11.7 Å². The molecule has 0 aliphatic carbocycles. The molecule has 0 atom stereocenters. The van der Waals surface area contributed by atoms with E-state index >= 15 is 0 Å². The summed E-state index contributed by atoms with van der Waals surface area (Å²) in [4.78, 5) is 12.3. The van der Waals surface area contributed by atoms with Crippen molar-refractivity contribution in [3.63, 3.8) is 0 Å². The van der Waals surface area contributed by atoms with E-state index in [0.29, 0.717) is 27.6 Å². The number of halogens is 1. The van der Waals surface area contributed by atoms with Gasteiger partial charge in [-0.3, -0.25) is 4.79 Å². The maximum atomic E-state index is 12.3. The molecule has 0 aliphatic rings. The number of amides is 1. The van der Waals surface area contributed by atoms with Gasteiger partial charge in [0.2, 0.25) is 0 Å². The number of ether oxygens (including phenoxy) is 1. The zero-order chi connectivity index (χ0) is 17.0. The fraction of sp³-hybridized carbons (Fsp3) is 0.188. The quantitative estimate of drug-likeness (QED) is 0.896. The van der Waals surface area contributed by atoms with E-state index < -0.39 is 9.84 Å². The molecule has 1 N–H and O–H groups in total. The van der Waals surface area contributed by atoms with Crippen LogP contribution in [-0.4, -0.2) is 27.7 Å². The molecule has 2 aromatic carbocycles. The number of nitrogens with one attached hydrogen (secondary N) is 1. The average molecular weight is 354 g/mol. The SMILES string of the molecule is COc1ccc(Cl)c(NC(=O)c2cccc(CS(C)(=O)=O)c2)c1. The molecule has 0 saturated heterocycles. The Balaban J connectivity index is 2.23. The Labute approximate surface area is 140 Å². The number of carbonyl (C=O) groups excluding carboxylic acids is 1. The van der Waals surface area contributed by atoms with Crippen LogP contribution in [0.25, 0.3) is 0 Å². The second-order valence-corrected chi connectivity index (χ2v) is 7.62. The number of hydrogen-bond donors (Lipinski definition) is 1. The molecule has 0 fully saturated rings. The Bertz CT molecular complexity index is 834. The van der Waals surface area contributed by atoms with Crippen LogP contribution in [0.4, 0.5) is 5.69 Å². The van der Waals surface area contributed by atoms with Crippen molar-refractivity contribution in [2.45, 2.75) is 5.75 Å². The maximum Gasteiger partial charge on any atom is 0.255 e. The molecule has 2 rings (SSSR count). The first kappa shape index (κ1) is 17.3. The van der Waals surface area contributed by atoms with Crippen molar-refractivity contribution in [3.05, 3.63) is 58.6 Å². The predicted octanol–water partition coefficient (Wildman–Crippen LogP) is 3.15. The number of anilines is 1. The van der Waals surface area contributed by atoms with Gasteiger partial charge in [0.1, 0.15) is 5.75 Å². The second-order valence-electron chi connectivity index (χ2n) is 5.07.